The number of ether oxygens (including phenoxy) is 2. The lowest BCUT2D eigenvalue weighted by molar-refractivity contribution is 0.0742. The minimum absolute atomic E-state index is 0.311. The Morgan fingerprint density at radius 2 is 1.31 bits per heavy atom. The molecule has 3 nitrogen and oxygen atoms in total. The van der Waals surface area contributed by atoms with E-state index >= 15 is 0 Å². The van der Waals surface area contributed by atoms with E-state index in [2.05, 4.69) is 46.0 Å². The van der Waals surface area contributed by atoms with Gasteiger partial charge in [0.15, 0.2) is 8.32 Å². The lowest BCUT2D eigenvalue weighted by atomic mass is 10.2. The lowest BCUT2D eigenvalue weighted by Gasteiger charge is -2.36. The molecule has 150 valence electrons. The maximum Gasteiger partial charge on any atom is 0.191 e. The van der Waals surface area contributed by atoms with Gasteiger partial charge < -0.3 is 13.9 Å². The largest absolute Gasteiger partial charge is 0.417 e. The van der Waals surface area contributed by atoms with Gasteiger partial charge in [0.2, 0.25) is 0 Å². The van der Waals surface area contributed by atoms with Gasteiger partial charge in [-0.15, -0.1) is 0 Å². The van der Waals surface area contributed by atoms with Gasteiger partial charge in [0.1, 0.15) is 0 Å². The van der Waals surface area contributed by atoms with Crippen LogP contribution in [-0.4, -0.2) is 34.7 Å². The van der Waals surface area contributed by atoms with Gasteiger partial charge in [-0.2, -0.15) is 0 Å². The van der Waals surface area contributed by atoms with Crippen molar-refractivity contribution in [2.75, 3.05) is 26.4 Å². The van der Waals surface area contributed by atoms with Gasteiger partial charge in [0, 0.05) is 26.4 Å². The molecule has 0 N–H and O–H groups in total. The summed E-state index contributed by atoms with van der Waals surface area (Å²) >= 11 is 0. The van der Waals surface area contributed by atoms with E-state index in [0.717, 1.165) is 39.3 Å². The smallest absolute Gasteiger partial charge is 0.191 e. The summed E-state index contributed by atoms with van der Waals surface area (Å²) in [5, 5.41) is 0.311. The third kappa shape index (κ3) is 10.5. The zero-order valence-corrected chi connectivity index (χ0v) is 18.7. The van der Waals surface area contributed by atoms with Crippen molar-refractivity contribution in [3.8, 4) is 0 Å². The molecule has 1 aromatic carbocycles. The molecule has 0 amide bonds. The molecule has 0 unspecified atom stereocenters. The van der Waals surface area contributed by atoms with Crippen molar-refractivity contribution in [1.82, 2.24) is 0 Å². The first-order chi connectivity index (χ1) is 12.3. The van der Waals surface area contributed by atoms with Gasteiger partial charge in [0.25, 0.3) is 0 Å². The molecule has 0 aliphatic heterocycles. The van der Waals surface area contributed by atoms with Crippen LogP contribution in [0, 0.1) is 0 Å². The normalized spacial score (nSPS) is 12.5. The fourth-order valence-electron chi connectivity index (χ4n) is 2.33. The Labute approximate surface area is 162 Å². The number of benzene rings is 1. The monoisotopic (exact) mass is 380 g/mol. The summed E-state index contributed by atoms with van der Waals surface area (Å²) in [6, 6.07) is 10.3. The van der Waals surface area contributed by atoms with E-state index in [0.29, 0.717) is 11.6 Å². The third-order valence-corrected chi connectivity index (χ3v) is 9.68. The standard InChI is InChI=1S/C22H40O3Si/c1-22(2,3)26(4,5)25-19-12-7-6-11-16-23-17-13-18-24-20-21-14-9-8-10-15-21/h8-10,14-15H,6-7,11-13,16-20H2,1-5H3. The van der Waals surface area contributed by atoms with Crippen LogP contribution < -0.4 is 0 Å². The van der Waals surface area contributed by atoms with Crippen LogP contribution in [0.15, 0.2) is 30.3 Å². The van der Waals surface area contributed by atoms with Crippen molar-refractivity contribution >= 4 is 8.32 Å². The molecule has 1 aromatic rings. The molecule has 0 aromatic heterocycles. The van der Waals surface area contributed by atoms with Gasteiger partial charge >= 0.3 is 0 Å². The van der Waals surface area contributed by atoms with Crippen molar-refractivity contribution in [3.63, 3.8) is 0 Å². The lowest BCUT2D eigenvalue weighted by Crippen LogP contribution is -2.40. The van der Waals surface area contributed by atoms with Gasteiger partial charge in [0.05, 0.1) is 6.61 Å². The van der Waals surface area contributed by atoms with E-state index < -0.39 is 8.32 Å². The Morgan fingerprint density at radius 1 is 0.731 bits per heavy atom. The quantitative estimate of drug-likeness (QED) is 0.284. The average Bonchev–Trinajstić information content (AvgIpc) is 2.59. The topological polar surface area (TPSA) is 27.7 Å². The van der Waals surface area contributed by atoms with E-state index in [-0.39, 0.29) is 0 Å². The molecule has 0 spiro atoms. The van der Waals surface area contributed by atoms with Crippen LogP contribution in [0.25, 0.3) is 0 Å². The van der Waals surface area contributed by atoms with E-state index in [4.69, 9.17) is 13.9 Å². The minimum Gasteiger partial charge on any atom is -0.417 e. The summed E-state index contributed by atoms with van der Waals surface area (Å²) in [6.45, 7) is 15.6. The molecular weight excluding hydrogens is 340 g/mol. The summed E-state index contributed by atoms with van der Waals surface area (Å²) in [6.07, 6.45) is 5.74. The molecule has 0 radical (unpaired) electrons. The first-order valence-electron chi connectivity index (χ1n) is 10.2. The zero-order valence-electron chi connectivity index (χ0n) is 17.7. The zero-order chi connectivity index (χ0) is 19.3. The molecular formula is C22H40O3Si. The highest BCUT2D eigenvalue weighted by Crippen LogP contribution is 2.36. The number of hydrogen-bond acceptors (Lipinski definition) is 3. The minimum atomic E-state index is -1.56. The summed E-state index contributed by atoms with van der Waals surface area (Å²) in [4.78, 5) is 0. The Hall–Kier alpha value is -0.683. The molecule has 0 bridgehead atoms. The number of hydrogen-bond donors (Lipinski definition) is 0. The maximum atomic E-state index is 6.20. The van der Waals surface area contributed by atoms with Crippen LogP contribution in [-0.2, 0) is 20.5 Å². The molecule has 0 aliphatic carbocycles. The summed E-state index contributed by atoms with van der Waals surface area (Å²) in [5.74, 6) is 0. The average molecular weight is 381 g/mol. The predicted molar refractivity (Wildman–Crippen MR) is 113 cm³/mol. The van der Waals surface area contributed by atoms with Crippen LogP contribution >= 0.6 is 0 Å². The highest BCUT2D eigenvalue weighted by molar-refractivity contribution is 6.74. The van der Waals surface area contributed by atoms with Gasteiger partial charge in [-0.25, -0.2) is 0 Å². The molecule has 0 fully saturated rings. The van der Waals surface area contributed by atoms with E-state index in [1.807, 2.05) is 18.2 Å². The Balaban J connectivity index is 1.84. The van der Waals surface area contributed by atoms with Crippen LogP contribution in [0.4, 0.5) is 0 Å². The van der Waals surface area contributed by atoms with E-state index in [1.165, 1.54) is 24.8 Å². The van der Waals surface area contributed by atoms with Crippen molar-refractivity contribution in [2.45, 2.75) is 77.6 Å². The molecule has 1 rings (SSSR count). The number of unbranched alkanes of at least 4 members (excludes halogenated alkanes) is 3. The van der Waals surface area contributed by atoms with Crippen molar-refractivity contribution in [2.24, 2.45) is 0 Å². The molecule has 0 atom stereocenters. The Bertz CT molecular complexity index is 454. The second-order valence-corrected chi connectivity index (χ2v) is 13.3. The van der Waals surface area contributed by atoms with Gasteiger partial charge in [-0.05, 0) is 43.0 Å². The fourth-order valence-corrected chi connectivity index (χ4v) is 3.42. The highest BCUT2D eigenvalue weighted by Gasteiger charge is 2.36. The second-order valence-electron chi connectivity index (χ2n) is 8.53. The third-order valence-electron chi connectivity index (χ3n) is 5.14. The number of rotatable bonds is 14. The SMILES string of the molecule is CC(C)(C)[Si](C)(C)OCCCCCCOCCCOCc1ccccc1. The summed E-state index contributed by atoms with van der Waals surface area (Å²) in [7, 11) is -1.56. The van der Waals surface area contributed by atoms with Gasteiger partial charge in [-0.3, -0.25) is 0 Å². The molecule has 0 saturated carbocycles. The van der Waals surface area contributed by atoms with Crippen molar-refractivity contribution in [1.29, 1.82) is 0 Å². The van der Waals surface area contributed by atoms with E-state index in [1.54, 1.807) is 0 Å². The van der Waals surface area contributed by atoms with Crippen LogP contribution in [0.3, 0.4) is 0 Å². The van der Waals surface area contributed by atoms with Gasteiger partial charge in [-0.1, -0.05) is 63.9 Å². The molecule has 0 heterocycles. The molecule has 4 heteroatoms. The van der Waals surface area contributed by atoms with Crippen molar-refractivity contribution in [3.05, 3.63) is 35.9 Å². The molecule has 26 heavy (non-hydrogen) atoms. The maximum absolute atomic E-state index is 6.20. The fraction of sp³-hybridized carbons (Fsp3) is 0.727. The second kappa shape index (κ2) is 12.7. The first-order valence-corrected chi connectivity index (χ1v) is 13.1. The molecule has 0 aliphatic rings. The van der Waals surface area contributed by atoms with E-state index in [9.17, 15) is 0 Å². The predicted octanol–water partition coefficient (Wildman–Crippen LogP) is 6.19. The van der Waals surface area contributed by atoms with Crippen LogP contribution in [0.2, 0.25) is 18.1 Å². The van der Waals surface area contributed by atoms with Crippen LogP contribution in [0.1, 0.15) is 58.4 Å². The summed E-state index contributed by atoms with van der Waals surface area (Å²) < 4.78 is 17.5. The van der Waals surface area contributed by atoms with Crippen molar-refractivity contribution < 1.29 is 13.9 Å². The molecule has 0 saturated heterocycles. The highest BCUT2D eigenvalue weighted by atomic mass is 28.4. The first kappa shape index (κ1) is 23.4. The Morgan fingerprint density at radius 3 is 1.96 bits per heavy atom. The summed E-state index contributed by atoms with van der Waals surface area (Å²) in [5.41, 5.74) is 1.23. The Kier molecular flexibility index (Phi) is 11.4. The van der Waals surface area contributed by atoms with Crippen LogP contribution in [0.5, 0.6) is 0 Å².